The van der Waals surface area contributed by atoms with Crippen molar-refractivity contribution in [2.75, 3.05) is 51.7 Å². The minimum absolute atomic E-state index is 0.0676. The zero-order valence-corrected chi connectivity index (χ0v) is 16.1. The molecule has 0 aromatic rings. The van der Waals surface area contributed by atoms with E-state index in [-0.39, 0.29) is 5.54 Å². The molecule has 2 heterocycles. The van der Waals surface area contributed by atoms with Crippen LogP contribution in [0.1, 0.15) is 40.5 Å². The zero-order chi connectivity index (χ0) is 16.8. The lowest BCUT2D eigenvalue weighted by Crippen LogP contribution is -2.52. The van der Waals surface area contributed by atoms with E-state index in [2.05, 4.69) is 55.0 Å². The Morgan fingerprint density at radius 1 is 1.30 bits per heavy atom. The van der Waals surface area contributed by atoms with E-state index in [9.17, 15) is 0 Å². The number of aliphatic imine (C=N–C) groups is 1. The van der Waals surface area contributed by atoms with Crippen LogP contribution in [0.2, 0.25) is 0 Å². The highest BCUT2D eigenvalue weighted by molar-refractivity contribution is 8.00. The van der Waals surface area contributed by atoms with E-state index in [1.54, 1.807) is 0 Å². The molecule has 23 heavy (non-hydrogen) atoms. The topological polar surface area (TPSA) is 48.9 Å². The molecule has 0 saturated carbocycles. The van der Waals surface area contributed by atoms with Crippen molar-refractivity contribution in [2.45, 2.75) is 50.8 Å². The number of nitrogens with one attached hydrogen (secondary N) is 2. The summed E-state index contributed by atoms with van der Waals surface area (Å²) in [4.78, 5) is 7.34. The summed E-state index contributed by atoms with van der Waals surface area (Å²) in [6, 6.07) is 0. The molecule has 0 aromatic carbocycles. The Kier molecular flexibility index (Phi) is 7.04. The summed E-state index contributed by atoms with van der Waals surface area (Å²) >= 11 is 2.08. The second-order valence-electron chi connectivity index (χ2n) is 7.36. The monoisotopic (exact) mass is 342 g/mol. The van der Waals surface area contributed by atoms with Crippen molar-refractivity contribution in [2.24, 2.45) is 4.99 Å². The van der Waals surface area contributed by atoms with Crippen molar-refractivity contribution in [1.82, 2.24) is 15.5 Å². The summed E-state index contributed by atoms with van der Waals surface area (Å²) in [6.45, 7) is 15.4. The standard InChI is InChI=1S/C17H34N4OS/c1-5-18-15(20-14-17(4)7-6-12-23-17)19-13-16(2,3)21-8-10-22-11-9-21/h5-14H2,1-4H3,(H2,18,19,20). The van der Waals surface area contributed by atoms with Crippen LogP contribution in [0.5, 0.6) is 0 Å². The van der Waals surface area contributed by atoms with Gasteiger partial charge in [-0.15, -0.1) is 0 Å². The summed E-state index contributed by atoms with van der Waals surface area (Å²) in [6.07, 6.45) is 2.63. The van der Waals surface area contributed by atoms with Crippen molar-refractivity contribution in [3.8, 4) is 0 Å². The van der Waals surface area contributed by atoms with Crippen LogP contribution in [-0.2, 0) is 4.74 Å². The number of ether oxygens (including phenoxy) is 1. The van der Waals surface area contributed by atoms with Gasteiger partial charge >= 0.3 is 0 Å². The highest BCUT2D eigenvalue weighted by atomic mass is 32.2. The normalized spacial score (nSPS) is 27.2. The first-order chi connectivity index (χ1) is 11.0. The van der Waals surface area contributed by atoms with Gasteiger partial charge in [-0.1, -0.05) is 0 Å². The summed E-state index contributed by atoms with van der Waals surface area (Å²) in [5.41, 5.74) is 0.0676. The maximum atomic E-state index is 5.46. The molecule has 2 saturated heterocycles. The SMILES string of the molecule is CCNC(=NCC(C)(C)N1CCOCC1)NCC1(C)CCCS1. The lowest BCUT2D eigenvalue weighted by Gasteiger charge is -2.40. The van der Waals surface area contributed by atoms with Crippen molar-refractivity contribution < 1.29 is 4.74 Å². The van der Waals surface area contributed by atoms with Crippen LogP contribution in [0.3, 0.4) is 0 Å². The van der Waals surface area contributed by atoms with E-state index in [1.807, 2.05) is 0 Å². The third-order valence-electron chi connectivity index (χ3n) is 4.77. The Morgan fingerprint density at radius 3 is 2.65 bits per heavy atom. The largest absolute Gasteiger partial charge is 0.379 e. The van der Waals surface area contributed by atoms with Gasteiger partial charge in [-0.25, -0.2) is 0 Å². The molecule has 0 spiro atoms. The number of morpholine rings is 1. The van der Waals surface area contributed by atoms with E-state index >= 15 is 0 Å². The predicted octanol–water partition coefficient (Wildman–Crippen LogP) is 1.94. The van der Waals surface area contributed by atoms with E-state index in [0.717, 1.165) is 51.9 Å². The molecule has 2 rings (SSSR count). The molecular weight excluding hydrogens is 308 g/mol. The first-order valence-electron chi connectivity index (χ1n) is 8.94. The minimum atomic E-state index is 0.0676. The van der Waals surface area contributed by atoms with Crippen LogP contribution in [0, 0.1) is 0 Å². The zero-order valence-electron chi connectivity index (χ0n) is 15.3. The average Bonchev–Trinajstić information content (AvgIpc) is 2.98. The Labute approximate surface area is 146 Å². The van der Waals surface area contributed by atoms with Gasteiger partial charge < -0.3 is 15.4 Å². The first kappa shape index (κ1) is 18.9. The van der Waals surface area contributed by atoms with E-state index in [1.165, 1.54) is 18.6 Å². The van der Waals surface area contributed by atoms with E-state index < -0.39 is 0 Å². The molecular formula is C17H34N4OS. The van der Waals surface area contributed by atoms with Gasteiger partial charge in [0, 0.05) is 36.5 Å². The fourth-order valence-corrected chi connectivity index (χ4v) is 4.37. The molecule has 2 aliphatic rings. The van der Waals surface area contributed by atoms with E-state index in [0.29, 0.717) is 4.75 Å². The molecule has 0 aromatic heterocycles. The maximum absolute atomic E-state index is 5.46. The second-order valence-corrected chi connectivity index (χ2v) is 9.05. The molecule has 0 bridgehead atoms. The summed E-state index contributed by atoms with van der Waals surface area (Å²) in [5.74, 6) is 2.23. The van der Waals surface area contributed by atoms with Gasteiger partial charge in [-0.05, 0) is 46.3 Å². The van der Waals surface area contributed by atoms with Gasteiger partial charge in [0.05, 0.1) is 19.8 Å². The van der Waals surface area contributed by atoms with Crippen molar-refractivity contribution in [3.05, 3.63) is 0 Å². The highest BCUT2D eigenvalue weighted by Gasteiger charge is 2.30. The Hall–Kier alpha value is -0.460. The summed E-state index contributed by atoms with van der Waals surface area (Å²) < 4.78 is 5.82. The van der Waals surface area contributed by atoms with Crippen LogP contribution in [0.15, 0.2) is 4.99 Å². The van der Waals surface area contributed by atoms with Crippen LogP contribution < -0.4 is 10.6 Å². The molecule has 0 radical (unpaired) electrons. The third-order valence-corrected chi connectivity index (χ3v) is 6.30. The molecule has 0 amide bonds. The van der Waals surface area contributed by atoms with Crippen LogP contribution in [-0.4, -0.2) is 72.8 Å². The first-order valence-corrected chi connectivity index (χ1v) is 9.93. The lowest BCUT2D eigenvalue weighted by atomic mass is 10.0. The van der Waals surface area contributed by atoms with Crippen LogP contribution in [0.4, 0.5) is 0 Å². The van der Waals surface area contributed by atoms with E-state index in [4.69, 9.17) is 9.73 Å². The van der Waals surface area contributed by atoms with Gasteiger partial charge in [0.15, 0.2) is 5.96 Å². The summed E-state index contributed by atoms with van der Waals surface area (Å²) in [5, 5.41) is 6.94. The highest BCUT2D eigenvalue weighted by Crippen LogP contribution is 2.36. The number of hydrogen-bond acceptors (Lipinski definition) is 4. The molecule has 5 nitrogen and oxygen atoms in total. The molecule has 6 heteroatoms. The molecule has 2 N–H and O–H groups in total. The van der Waals surface area contributed by atoms with Gasteiger partial charge in [0.2, 0.25) is 0 Å². The Balaban J connectivity index is 1.88. The summed E-state index contributed by atoms with van der Waals surface area (Å²) in [7, 11) is 0. The van der Waals surface area contributed by atoms with Crippen molar-refractivity contribution in [1.29, 1.82) is 0 Å². The number of nitrogens with zero attached hydrogens (tertiary/aromatic N) is 2. The van der Waals surface area contributed by atoms with Gasteiger partial charge in [0.1, 0.15) is 0 Å². The predicted molar refractivity (Wildman–Crippen MR) is 101 cm³/mol. The Bertz CT molecular complexity index is 388. The smallest absolute Gasteiger partial charge is 0.191 e. The van der Waals surface area contributed by atoms with Gasteiger partial charge in [-0.3, -0.25) is 9.89 Å². The fourth-order valence-electron chi connectivity index (χ4n) is 3.13. The van der Waals surface area contributed by atoms with Crippen LogP contribution >= 0.6 is 11.8 Å². The molecule has 2 aliphatic heterocycles. The minimum Gasteiger partial charge on any atom is -0.379 e. The second kappa shape index (κ2) is 8.58. The number of hydrogen-bond donors (Lipinski definition) is 2. The van der Waals surface area contributed by atoms with Gasteiger partial charge in [0.25, 0.3) is 0 Å². The molecule has 1 atom stereocenters. The Morgan fingerprint density at radius 2 is 2.04 bits per heavy atom. The average molecular weight is 343 g/mol. The molecule has 134 valence electrons. The van der Waals surface area contributed by atoms with Crippen molar-refractivity contribution >= 4 is 17.7 Å². The fraction of sp³-hybridized carbons (Fsp3) is 0.941. The third kappa shape index (κ3) is 5.84. The lowest BCUT2D eigenvalue weighted by molar-refractivity contribution is -0.00683. The molecule has 0 aliphatic carbocycles. The maximum Gasteiger partial charge on any atom is 0.191 e. The van der Waals surface area contributed by atoms with Crippen LogP contribution in [0.25, 0.3) is 0 Å². The quantitative estimate of drug-likeness (QED) is 0.571. The molecule has 2 fully saturated rings. The number of thioether (sulfide) groups is 1. The van der Waals surface area contributed by atoms with Crippen molar-refractivity contribution in [3.63, 3.8) is 0 Å². The number of guanidine groups is 1. The van der Waals surface area contributed by atoms with Gasteiger partial charge in [-0.2, -0.15) is 11.8 Å². The molecule has 1 unspecified atom stereocenters. The number of rotatable bonds is 6.